The number of carbonyl (C=O) groups is 1. The number of hydrogen-bond acceptors (Lipinski definition) is 2. The number of halogens is 1. The zero-order valence-corrected chi connectivity index (χ0v) is 8.35. The van der Waals surface area contributed by atoms with Gasteiger partial charge in [0.05, 0.1) is 0 Å². The van der Waals surface area contributed by atoms with Crippen LogP contribution in [-0.4, -0.2) is 16.6 Å². The van der Waals surface area contributed by atoms with Crippen LogP contribution in [0.15, 0.2) is 0 Å². The molecule has 3 saturated carbocycles. The number of aliphatic carboxylic acids is 1. The maximum absolute atomic E-state index is 10.9. The topological polar surface area (TPSA) is 63.3 Å². The fraction of sp³-hybridized carbons (Fsp3) is 0.889. The molecule has 76 valence electrons. The number of fused-ring (bicyclic) bond motifs is 3. The molecule has 3 aliphatic rings. The number of rotatable bonds is 1. The molecule has 1 atom stereocenters. The van der Waals surface area contributed by atoms with Crippen molar-refractivity contribution in [2.75, 3.05) is 0 Å². The minimum atomic E-state index is -0.888. The number of carboxylic acid groups (broad SMARTS) is 1. The molecule has 0 spiro atoms. The van der Waals surface area contributed by atoms with Gasteiger partial charge in [-0.05, 0) is 31.1 Å². The second kappa shape index (κ2) is 3.46. The second-order valence-corrected chi connectivity index (χ2v) is 4.27. The molecule has 3 aliphatic carbocycles. The van der Waals surface area contributed by atoms with E-state index < -0.39 is 11.5 Å². The Bertz CT molecular complexity index is 214. The van der Waals surface area contributed by atoms with Gasteiger partial charge in [-0.2, -0.15) is 0 Å². The van der Waals surface area contributed by atoms with Crippen molar-refractivity contribution in [2.24, 2.45) is 17.6 Å². The molecule has 0 aromatic heterocycles. The maximum atomic E-state index is 10.9. The van der Waals surface area contributed by atoms with Crippen LogP contribution in [0.1, 0.15) is 32.1 Å². The van der Waals surface area contributed by atoms with Gasteiger partial charge in [0.25, 0.3) is 0 Å². The molecule has 0 radical (unpaired) electrons. The second-order valence-electron chi connectivity index (χ2n) is 4.27. The minimum absolute atomic E-state index is 0. The smallest absolute Gasteiger partial charge is 0.323 e. The van der Waals surface area contributed by atoms with Crippen LogP contribution in [-0.2, 0) is 4.79 Å². The van der Waals surface area contributed by atoms with Crippen molar-refractivity contribution < 1.29 is 9.90 Å². The molecule has 0 aromatic carbocycles. The Morgan fingerprint density at radius 2 is 1.85 bits per heavy atom. The SMILES string of the molecule is Cl.NC1(C(=O)O)CC2CCC1CC2. The average Bonchev–Trinajstić information content (AvgIpc) is 2.05. The lowest BCUT2D eigenvalue weighted by Gasteiger charge is -2.46. The van der Waals surface area contributed by atoms with Crippen LogP contribution >= 0.6 is 12.4 Å². The first-order chi connectivity index (χ1) is 5.63. The van der Waals surface area contributed by atoms with E-state index in [1.165, 1.54) is 12.8 Å². The van der Waals surface area contributed by atoms with Crippen LogP contribution in [0, 0.1) is 11.8 Å². The van der Waals surface area contributed by atoms with Gasteiger partial charge in [-0.15, -0.1) is 12.4 Å². The van der Waals surface area contributed by atoms with Gasteiger partial charge >= 0.3 is 5.97 Å². The molecule has 3 rings (SSSR count). The van der Waals surface area contributed by atoms with Crippen molar-refractivity contribution in [1.29, 1.82) is 0 Å². The van der Waals surface area contributed by atoms with Crippen molar-refractivity contribution >= 4 is 18.4 Å². The highest BCUT2D eigenvalue weighted by molar-refractivity contribution is 5.85. The van der Waals surface area contributed by atoms with E-state index in [9.17, 15) is 4.79 Å². The molecule has 0 aliphatic heterocycles. The van der Waals surface area contributed by atoms with E-state index >= 15 is 0 Å². The third-order valence-corrected chi connectivity index (χ3v) is 3.60. The molecule has 13 heavy (non-hydrogen) atoms. The van der Waals surface area contributed by atoms with E-state index in [1.54, 1.807) is 0 Å². The number of carboxylic acids is 1. The summed E-state index contributed by atoms with van der Waals surface area (Å²) in [6.45, 7) is 0. The molecule has 0 amide bonds. The fourth-order valence-corrected chi connectivity index (χ4v) is 2.79. The highest BCUT2D eigenvalue weighted by Crippen LogP contribution is 2.46. The van der Waals surface area contributed by atoms with Crippen molar-refractivity contribution in [3.63, 3.8) is 0 Å². The van der Waals surface area contributed by atoms with Crippen molar-refractivity contribution in [1.82, 2.24) is 0 Å². The monoisotopic (exact) mass is 205 g/mol. The van der Waals surface area contributed by atoms with Crippen LogP contribution in [0.25, 0.3) is 0 Å². The zero-order chi connectivity index (χ0) is 8.77. The molecule has 3 fully saturated rings. The summed E-state index contributed by atoms with van der Waals surface area (Å²) in [5, 5.41) is 8.99. The van der Waals surface area contributed by atoms with Gasteiger partial charge in [0.1, 0.15) is 5.54 Å². The summed E-state index contributed by atoms with van der Waals surface area (Å²) < 4.78 is 0. The van der Waals surface area contributed by atoms with Gasteiger partial charge in [0.15, 0.2) is 0 Å². The van der Waals surface area contributed by atoms with Gasteiger partial charge in [0, 0.05) is 0 Å². The van der Waals surface area contributed by atoms with Gasteiger partial charge in [-0.1, -0.05) is 12.8 Å². The lowest BCUT2D eigenvalue weighted by molar-refractivity contribution is -0.150. The van der Waals surface area contributed by atoms with Crippen LogP contribution in [0.3, 0.4) is 0 Å². The van der Waals surface area contributed by atoms with Gasteiger partial charge in [0.2, 0.25) is 0 Å². The molecular formula is C9H16ClNO2. The Labute approximate surface area is 84.1 Å². The Morgan fingerprint density at radius 1 is 1.31 bits per heavy atom. The van der Waals surface area contributed by atoms with Gasteiger partial charge < -0.3 is 10.8 Å². The predicted molar refractivity (Wildman–Crippen MR) is 51.9 cm³/mol. The molecule has 3 nitrogen and oxygen atoms in total. The largest absolute Gasteiger partial charge is 0.480 e. The Morgan fingerprint density at radius 3 is 2.08 bits per heavy atom. The van der Waals surface area contributed by atoms with Crippen molar-refractivity contribution in [3.8, 4) is 0 Å². The van der Waals surface area contributed by atoms with Gasteiger partial charge in [-0.25, -0.2) is 0 Å². The molecule has 0 heterocycles. The lowest BCUT2D eigenvalue weighted by Crippen LogP contribution is -2.59. The first-order valence-corrected chi connectivity index (χ1v) is 4.65. The fourth-order valence-electron chi connectivity index (χ4n) is 2.79. The number of hydrogen-bond donors (Lipinski definition) is 2. The van der Waals surface area contributed by atoms with E-state index in [0.29, 0.717) is 12.3 Å². The summed E-state index contributed by atoms with van der Waals surface area (Å²) >= 11 is 0. The van der Waals surface area contributed by atoms with E-state index in [1.807, 2.05) is 0 Å². The molecule has 2 bridgehead atoms. The molecule has 0 aromatic rings. The molecule has 3 N–H and O–H groups in total. The highest BCUT2D eigenvalue weighted by atomic mass is 35.5. The summed E-state index contributed by atoms with van der Waals surface area (Å²) in [5.74, 6) is 0.0213. The normalized spacial score (nSPS) is 42.5. The van der Waals surface area contributed by atoms with Crippen LogP contribution in [0.2, 0.25) is 0 Å². The Kier molecular flexibility index (Phi) is 2.88. The third-order valence-electron chi connectivity index (χ3n) is 3.60. The molecule has 4 heteroatoms. The summed E-state index contributed by atoms with van der Waals surface area (Å²) in [6.07, 6.45) is 5.13. The van der Waals surface area contributed by atoms with E-state index in [-0.39, 0.29) is 18.3 Å². The summed E-state index contributed by atoms with van der Waals surface area (Å²) in [7, 11) is 0. The average molecular weight is 206 g/mol. The zero-order valence-electron chi connectivity index (χ0n) is 7.53. The summed E-state index contributed by atoms with van der Waals surface area (Å²) in [6, 6.07) is 0. The minimum Gasteiger partial charge on any atom is -0.480 e. The summed E-state index contributed by atoms with van der Waals surface area (Å²) in [4.78, 5) is 10.9. The summed E-state index contributed by atoms with van der Waals surface area (Å²) in [5.41, 5.74) is 5.00. The van der Waals surface area contributed by atoms with Crippen LogP contribution in [0.5, 0.6) is 0 Å². The van der Waals surface area contributed by atoms with Gasteiger partial charge in [-0.3, -0.25) is 4.79 Å². The number of nitrogens with two attached hydrogens (primary N) is 1. The Balaban J connectivity index is 0.000000845. The van der Waals surface area contributed by atoms with E-state index in [4.69, 9.17) is 10.8 Å². The van der Waals surface area contributed by atoms with E-state index in [0.717, 1.165) is 12.8 Å². The van der Waals surface area contributed by atoms with Crippen molar-refractivity contribution in [3.05, 3.63) is 0 Å². The first kappa shape index (κ1) is 10.8. The first-order valence-electron chi connectivity index (χ1n) is 4.65. The molecule has 0 saturated heterocycles. The molecular weight excluding hydrogens is 190 g/mol. The maximum Gasteiger partial charge on any atom is 0.323 e. The Hall–Kier alpha value is -0.280. The third kappa shape index (κ3) is 1.55. The predicted octanol–water partition coefficient (Wildman–Crippen LogP) is 1.40. The standard InChI is InChI=1S/C9H15NO2.ClH/c10-9(8(11)12)5-6-1-3-7(9)4-2-6;/h6-7H,1-5,10H2,(H,11,12);1H. The van der Waals surface area contributed by atoms with Crippen molar-refractivity contribution in [2.45, 2.75) is 37.6 Å². The van der Waals surface area contributed by atoms with E-state index in [2.05, 4.69) is 0 Å². The quantitative estimate of drug-likeness (QED) is 0.680. The highest BCUT2D eigenvalue weighted by Gasteiger charge is 2.49. The van der Waals surface area contributed by atoms with Crippen LogP contribution < -0.4 is 5.73 Å². The van der Waals surface area contributed by atoms with Crippen LogP contribution in [0.4, 0.5) is 0 Å². The lowest BCUT2D eigenvalue weighted by atomic mass is 9.61. The molecule has 1 unspecified atom stereocenters.